The van der Waals surface area contributed by atoms with E-state index in [4.69, 9.17) is 0 Å². The Hall–Kier alpha value is -1.03. The summed E-state index contributed by atoms with van der Waals surface area (Å²) in [5.74, 6) is 0.0608. The van der Waals surface area contributed by atoms with E-state index in [1.165, 1.54) is 12.1 Å². The van der Waals surface area contributed by atoms with E-state index in [1.54, 1.807) is 12.1 Å². The predicted octanol–water partition coefficient (Wildman–Crippen LogP) is 4.64. The van der Waals surface area contributed by atoms with Gasteiger partial charge in [0, 0.05) is 12.6 Å². The molecular weight excluding hydrogens is 275 g/mol. The van der Waals surface area contributed by atoms with Crippen molar-refractivity contribution >= 4 is 0 Å². The van der Waals surface area contributed by atoms with Crippen LogP contribution in [-0.2, 0) is 6.18 Å². The molecule has 0 spiro atoms. The van der Waals surface area contributed by atoms with Gasteiger partial charge in [-0.2, -0.15) is 13.2 Å². The van der Waals surface area contributed by atoms with Crippen molar-refractivity contribution in [1.82, 2.24) is 4.90 Å². The fourth-order valence-corrected chi connectivity index (χ4v) is 3.80. The maximum atomic E-state index is 13.1. The van der Waals surface area contributed by atoms with Crippen molar-refractivity contribution in [2.75, 3.05) is 13.1 Å². The molecule has 0 N–H and O–H groups in total. The van der Waals surface area contributed by atoms with Crippen molar-refractivity contribution < 1.29 is 13.2 Å². The molecule has 1 radical (unpaired) electrons. The van der Waals surface area contributed by atoms with E-state index in [0.717, 1.165) is 45.2 Å². The fourth-order valence-electron chi connectivity index (χ4n) is 3.80. The average Bonchev–Trinajstić information content (AvgIpc) is 3.01. The zero-order valence-electron chi connectivity index (χ0n) is 12.1. The van der Waals surface area contributed by atoms with Crippen LogP contribution in [0.25, 0.3) is 0 Å². The molecule has 0 aromatic heterocycles. The van der Waals surface area contributed by atoms with Crippen LogP contribution in [0, 0.1) is 6.42 Å². The Labute approximate surface area is 124 Å². The minimum Gasteiger partial charge on any atom is -0.300 e. The number of likely N-dealkylation sites (tertiary alicyclic amines) is 1. The fraction of sp³-hybridized carbons (Fsp3) is 0.588. The number of hydrogen-bond acceptors (Lipinski definition) is 1. The lowest BCUT2D eigenvalue weighted by atomic mass is 9.79. The second kappa shape index (κ2) is 5.99. The Kier molecular flexibility index (Phi) is 4.25. The largest absolute Gasteiger partial charge is 0.416 e. The van der Waals surface area contributed by atoms with Crippen molar-refractivity contribution in [3.63, 3.8) is 0 Å². The van der Waals surface area contributed by atoms with Gasteiger partial charge in [0.1, 0.15) is 0 Å². The quantitative estimate of drug-likeness (QED) is 0.768. The topological polar surface area (TPSA) is 3.24 Å². The molecule has 0 atom stereocenters. The van der Waals surface area contributed by atoms with Gasteiger partial charge in [0.25, 0.3) is 0 Å². The van der Waals surface area contributed by atoms with E-state index in [9.17, 15) is 13.2 Å². The van der Waals surface area contributed by atoms with E-state index < -0.39 is 11.7 Å². The van der Waals surface area contributed by atoms with Crippen LogP contribution in [0.5, 0.6) is 0 Å². The highest BCUT2D eigenvalue weighted by molar-refractivity contribution is 5.33. The first kappa shape index (κ1) is 14.9. The standard InChI is InChI=1S/C17H21F3N/c18-17(19,20)16-6-2-1-5-15(16)13-7-9-14(10-8-13)21-11-3-4-12-21/h1-3,5-6,13-14H,4,7-12H2. The molecule has 2 aliphatic rings. The zero-order chi connectivity index (χ0) is 14.9. The van der Waals surface area contributed by atoms with Gasteiger partial charge in [-0.3, -0.25) is 0 Å². The number of halogens is 3. The molecule has 3 rings (SSSR count). The van der Waals surface area contributed by atoms with Crippen LogP contribution in [0.1, 0.15) is 49.1 Å². The third-order valence-corrected chi connectivity index (χ3v) is 4.90. The van der Waals surface area contributed by atoms with Gasteiger partial charge >= 0.3 is 6.18 Å². The number of benzene rings is 1. The Morgan fingerprint density at radius 2 is 1.71 bits per heavy atom. The second-order valence-corrected chi connectivity index (χ2v) is 6.16. The average molecular weight is 296 g/mol. The summed E-state index contributed by atoms with van der Waals surface area (Å²) in [5.41, 5.74) is 0.0550. The lowest BCUT2D eigenvalue weighted by Gasteiger charge is -2.35. The van der Waals surface area contributed by atoms with Crippen molar-refractivity contribution in [3.05, 3.63) is 41.8 Å². The molecule has 21 heavy (non-hydrogen) atoms. The van der Waals surface area contributed by atoms with Gasteiger partial charge < -0.3 is 4.90 Å². The second-order valence-electron chi connectivity index (χ2n) is 6.16. The minimum atomic E-state index is -4.24. The molecule has 0 unspecified atom stereocenters. The Morgan fingerprint density at radius 3 is 2.33 bits per heavy atom. The first-order chi connectivity index (χ1) is 10.1. The highest BCUT2D eigenvalue weighted by Crippen LogP contribution is 2.41. The lowest BCUT2D eigenvalue weighted by Crippen LogP contribution is -2.35. The number of rotatable bonds is 2. The third kappa shape index (κ3) is 3.25. The molecule has 2 fully saturated rings. The van der Waals surface area contributed by atoms with Crippen LogP contribution in [0.4, 0.5) is 13.2 Å². The Bertz CT molecular complexity index is 469. The normalized spacial score (nSPS) is 28.0. The van der Waals surface area contributed by atoms with Crippen molar-refractivity contribution in [1.29, 1.82) is 0 Å². The molecule has 1 nitrogen and oxygen atoms in total. The van der Waals surface area contributed by atoms with Gasteiger partial charge in [0.05, 0.1) is 5.56 Å². The molecule has 1 heterocycles. The molecule has 1 aliphatic heterocycles. The SMILES string of the molecule is FC(F)(F)c1ccccc1C1CCC(N2C[CH]CC2)CC1. The molecule has 1 saturated carbocycles. The summed E-state index contributed by atoms with van der Waals surface area (Å²) >= 11 is 0. The van der Waals surface area contributed by atoms with Gasteiger partial charge in [-0.1, -0.05) is 18.2 Å². The van der Waals surface area contributed by atoms with Crippen molar-refractivity contribution in [2.24, 2.45) is 0 Å². The van der Waals surface area contributed by atoms with Gasteiger partial charge in [0.2, 0.25) is 0 Å². The molecule has 4 heteroatoms. The number of hydrogen-bond donors (Lipinski definition) is 0. The summed E-state index contributed by atoms with van der Waals surface area (Å²) in [5, 5.41) is 0. The zero-order valence-corrected chi connectivity index (χ0v) is 12.1. The summed E-state index contributed by atoms with van der Waals surface area (Å²) in [6, 6.07) is 6.66. The molecular formula is C17H21F3N. The summed E-state index contributed by atoms with van der Waals surface area (Å²) in [4.78, 5) is 2.48. The smallest absolute Gasteiger partial charge is 0.300 e. The van der Waals surface area contributed by atoms with E-state index in [0.29, 0.717) is 11.6 Å². The first-order valence-electron chi connectivity index (χ1n) is 7.77. The first-order valence-corrected chi connectivity index (χ1v) is 7.77. The van der Waals surface area contributed by atoms with Crippen molar-refractivity contribution in [2.45, 2.75) is 50.2 Å². The number of nitrogens with zero attached hydrogens (tertiary/aromatic N) is 1. The molecule has 0 amide bonds. The molecule has 1 aromatic rings. The van der Waals surface area contributed by atoms with E-state index in [2.05, 4.69) is 11.3 Å². The van der Waals surface area contributed by atoms with E-state index in [1.807, 2.05) is 0 Å². The van der Waals surface area contributed by atoms with Gasteiger partial charge in [0.15, 0.2) is 0 Å². The maximum Gasteiger partial charge on any atom is 0.416 e. The molecule has 1 aromatic carbocycles. The minimum absolute atomic E-state index is 0.0608. The van der Waals surface area contributed by atoms with Gasteiger partial charge in [-0.05, 0) is 62.6 Å². The van der Waals surface area contributed by atoms with Crippen LogP contribution >= 0.6 is 0 Å². The van der Waals surface area contributed by atoms with Crippen LogP contribution in [0.2, 0.25) is 0 Å². The molecule has 0 bridgehead atoms. The molecule has 115 valence electrons. The lowest BCUT2D eigenvalue weighted by molar-refractivity contribution is -0.138. The number of alkyl halides is 3. The Morgan fingerprint density at radius 1 is 1.00 bits per heavy atom. The van der Waals surface area contributed by atoms with Crippen LogP contribution in [0.15, 0.2) is 24.3 Å². The van der Waals surface area contributed by atoms with Gasteiger partial charge in [-0.25, -0.2) is 0 Å². The van der Waals surface area contributed by atoms with E-state index in [-0.39, 0.29) is 5.92 Å². The highest BCUT2D eigenvalue weighted by atomic mass is 19.4. The van der Waals surface area contributed by atoms with Crippen LogP contribution in [0.3, 0.4) is 0 Å². The predicted molar refractivity (Wildman–Crippen MR) is 76.9 cm³/mol. The maximum absolute atomic E-state index is 13.1. The van der Waals surface area contributed by atoms with Crippen molar-refractivity contribution in [3.8, 4) is 0 Å². The summed E-state index contributed by atoms with van der Waals surface area (Å²) in [6.45, 7) is 2.17. The van der Waals surface area contributed by atoms with Crippen LogP contribution in [-0.4, -0.2) is 24.0 Å². The molecule has 1 saturated heterocycles. The summed E-state index contributed by atoms with van der Waals surface area (Å²) in [7, 11) is 0. The van der Waals surface area contributed by atoms with Gasteiger partial charge in [-0.15, -0.1) is 0 Å². The molecule has 1 aliphatic carbocycles. The summed E-state index contributed by atoms with van der Waals surface area (Å²) < 4.78 is 39.3. The third-order valence-electron chi connectivity index (χ3n) is 4.90. The van der Waals surface area contributed by atoms with E-state index >= 15 is 0 Å². The monoisotopic (exact) mass is 296 g/mol. The van der Waals surface area contributed by atoms with Crippen LogP contribution < -0.4 is 0 Å². The summed E-state index contributed by atoms with van der Waals surface area (Å²) in [6.07, 6.45) is 2.98. The highest BCUT2D eigenvalue weighted by Gasteiger charge is 2.36. The Balaban J connectivity index is 1.69.